The molecule has 25 heavy (non-hydrogen) atoms. The Morgan fingerprint density at radius 3 is 1.32 bits per heavy atom. The van der Waals surface area contributed by atoms with Gasteiger partial charge in [-0.2, -0.15) is 0 Å². The maximum absolute atomic E-state index is 11.4. The summed E-state index contributed by atoms with van der Waals surface area (Å²) in [6.07, 6.45) is 23.1. The van der Waals surface area contributed by atoms with Crippen LogP contribution in [0.2, 0.25) is 0 Å². The van der Waals surface area contributed by atoms with Gasteiger partial charge in [-0.25, -0.2) is 0 Å². The van der Waals surface area contributed by atoms with Gasteiger partial charge in [-0.3, -0.25) is 4.79 Å². The summed E-state index contributed by atoms with van der Waals surface area (Å²) in [5.41, 5.74) is 0. The average molecular weight is 461 g/mol. The summed E-state index contributed by atoms with van der Waals surface area (Å²) in [7, 11) is 0. The summed E-state index contributed by atoms with van der Waals surface area (Å²) in [5, 5.41) is 0. The van der Waals surface area contributed by atoms with Gasteiger partial charge in [-0.05, 0) is 12.8 Å². The third kappa shape index (κ3) is 24.3. The van der Waals surface area contributed by atoms with Crippen molar-refractivity contribution in [2.24, 2.45) is 0 Å². The molecule has 0 aromatic rings. The van der Waals surface area contributed by atoms with Gasteiger partial charge in [0.1, 0.15) is 0 Å². The van der Waals surface area contributed by atoms with Crippen molar-refractivity contribution >= 4 is 29.9 Å². The molecule has 0 aliphatic carbocycles. The molecule has 0 aliphatic heterocycles. The number of hydrogen-bond acceptors (Lipinski definition) is 2. The van der Waals surface area contributed by atoms with E-state index < -0.39 is 0 Å². The molecular weight excluding hydrogens is 415 g/mol. The standard InChI is InChI=1S/C22H44O2.Sn.2H/c1-3-5-7-8-9-10-11-12-13-14-15-16-17-18-19-20-22(23)24-21-6-4-2;;;/h3-21H2,1-2H3;;;. The molecule has 3 heteroatoms. The van der Waals surface area contributed by atoms with Crippen LogP contribution in [0.1, 0.15) is 129 Å². The molecule has 0 amide bonds. The molecule has 0 aromatic carbocycles. The topological polar surface area (TPSA) is 26.3 Å². The van der Waals surface area contributed by atoms with E-state index >= 15 is 0 Å². The third-order valence-corrected chi connectivity index (χ3v) is 4.75. The number of carbonyl (C=O) groups is 1. The predicted molar refractivity (Wildman–Crippen MR) is 114 cm³/mol. The van der Waals surface area contributed by atoms with Crippen molar-refractivity contribution in [3.8, 4) is 0 Å². The number of carbonyl (C=O) groups excluding carboxylic acids is 1. The van der Waals surface area contributed by atoms with Gasteiger partial charge in [0, 0.05) is 6.42 Å². The van der Waals surface area contributed by atoms with Crippen molar-refractivity contribution in [3.05, 3.63) is 0 Å². The Balaban J connectivity index is 0. The van der Waals surface area contributed by atoms with E-state index in [0.29, 0.717) is 13.0 Å². The quantitative estimate of drug-likeness (QED) is 0.122. The molecule has 150 valence electrons. The Bertz CT molecular complexity index is 256. The zero-order chi connectivity index (χ0) is 17.7. The maximum atomic E-state index is 11.4. The number of ether oxygens (including phenoxy) is 1. The summed E-state index contributed by atoms with van der Waals surface area (Å²) in [6.45, 7) is 5.00. The molecule has 0 spiro atoms. The fourth-order valence-electron chi connectivity index (χ4n) is 3.04. The van der Waals surface area contributed by atoms with Crippen LogP contribution < -0.4 is 0 Å². The molecule has 0 aromatic heterocycles. The van der Waals surface area contributed by atoms with Gasteiger partial charge >= 0.3 is 29.9 Å². The van der Waals surface area contributed by atoms with Crippen molar-refractivity contribution < 1.29 is 9.53 Å². The van der Waals surface area contributed by atoms with Crippen LogP contribution in [0.3, 0.4) is 0 Å². The molecule has 0 aliphatic rings. The van der Waals surface area contributed by atoms with E-state index in [0.717, 1.165) is 19.3 Å². The minimum absolute atomic E-state index is 0. The van der Waals surface area contributed by atoms with E-state index in [2.05, 4.69) is 13.8 Å². The Hall–Kier alpha value is 0.269. The second kappa shape index (κ2) is 24.3. The first kappa shape index (κ1) is 27.5. The van der Waals surface area contributed by atoms with Crippen molar-refractivity contribution in [3.63, 3.8) is 0 Å². The molecular formula is C22H46O2Sn. The number of unbranched alkanes of at least 4 members (excludes halogenated alkanes) is 15. The average Bonchev–Trinajstić information content (AvgIpc) is 2.58. The summed E-state index contributed by atoms with van der Waals surface area (Å²) in [5.74, 6) is -0.00172. The van der Waals surface area contributed by atoms with Crippen LogP contribution in [0.15, 0.2) is 0 Å². The third-order valence-electron chi connectivity index (χ3n) is 4.75. The fourth-order valence-corrected chi connectivity index (χ4v) is 3.04. The van der Waals surface area contributed by atoms with Gasteiger partial charge in [-0.15, -0.1) is 0 Å². The SMILES string of the molecule is CCCCCCCCCCCCCCCCCC(=O)OCCCC.[SnH2]. The van der Waals surface area contributed by atoms with Crippen LogP contribution in [0.5, 0.6) is 0 Å². The normalized spacial score (nSPS) is 10.5. The van der Waals surface area contributed by atoms with Gasteiger partial charge in [0.15, 0.2) is 0 Å². The molecule has 2 radical (unpaired) electrons. The van der Waals surface area contributed by atoms with Gasteiger partial charge in [0.2, 0.25) is 0 Å². The molecule has 2 nitrogen and oxygen atoms in total. The van der Waals surface area contributed by atoms with Crippen molar-refractivity contribution in [1.29, 1.82) is 0 Å². The second-order valence-corrected chi connectivity index (χ2v) is 7.27. The van der Waals surface area contributed by atoms with Crippen molar-refractivity contribution in [2.75, 3.05) is 6.61 Å². The van der Waals surface area contributed by atoms with Crippen LogP contribution >= 0.6 is 0 Å². The fraction of sp³-hybridized carbons (Fsp3) is 0.955. The van der Waals surface area contributed by atoms with E-state index in [4.69, 9.17) is 4.74 Å². The number of esters is 1. The van der Waals surface area contributed by atoms with E-state index in [1.165, 1.54) is 89.9 Å². The molecule has 0 saturated carbocycles. The van der Waals surface area contributed by atoms with Crippen LogP contribution in [0, 0.1) is 0 Å². The number of rotatable bonds is 19. The first-order chi connectivity index (χ1) is 11.8. The molecule has 0 bridgehead atoms. The van der Waals surface area contributed by atoms with E-state index in [1.54, 1.807) is 0 Å². The van der Waals surface area contributed by atoms with Crippen molar-refractivity contribution in [1.82, 2.24) is 0 Å². The Kier molecular flexibility index (Phi) is 26.7. The van der Waals surface area contributed by atoms with Crippen molar-refractivity contribution in [2.45, 2.75) is 129 Å². The Labute approximate surface area is 175 Å². The first-order valence-electron chi connectivity index (χ1n) is 11.0. The van der Waals surface area contributed by atoms with Gasteiger partial charge in [0.05, 0.1) is 6.61 Å². The molecule has 0 saturated heterocycles. The predicted octanol–water partition coefficient (Wildman–Crippen LogP) is 6.68. The van der Waals surface area contributed by atoms with Gasteiger partial charge in [-0.1, -0.05) is 110 Å². The monoisotopic (exact) mass is 462 g/mol. The van der Waals surface area contributed by atoms with E-state index in [-0.39, 0.29) is 29.9 Å². The molecule has 0 unspecified atom stereocenters. The Morgan fingerprint density at radius 1 is 0.560 bits per heavy atom. The molecule has 0 rings (SSSR count). The Morgan fingerprint density at radius 2 is 0.920 bits per heavy atom. The first-order valence-corrected chi connectivity index (χ1v) is 11.0. The summed E-state index contributed by atoms with van der Waals surface area (Å²) in [4.78, 5) is 11.4. The molecule has 0 fully saturated rings. The number of hydrogen-bond donors (Lipinski definition) is 0. The zero-order valence-electron chi connectivity index (χ0n) is 17.5. The summed E-state index contributed by atoms with van der Waals surface area (Å²) < 4.78 is 5.16. The summed E-state index contributed by atoms with van der Waals surface area (Å²) in [6, 6.07) is 0. The molecule has 0 heterocycles. The van der Waals surface area contributed by atoms with Crippen LogP contribution in [-0.2, 0) is 9.53 Å². The molecule has 0 atom stereocenters. The van der Waals surface area contributed by atoms with Crippen LogP contribution in [-0.4, -0.2) is 36.5 Å². The van der Waals surface area contributed by atoms with E-state index in [1.807, 2.05) is 0 Å². The van der Waals surface area contributed by atoms with Crippen LogP contribution in [0.25, 0.3) is 0 Å². The van der Waals surface area contributed by atoms with Gasteiger partial charge < -0.3 is 4.74 Å². The van der Waals surface area contributed by atoms with E-state index in [9.17, 15) is 4.79 Å². The minimum atomic E-state index is -0.00172. The second-order valence-electron chi connectivity index (χ2n) is 7.27. The van der Waals surface area contributed by atoms with Gasteiger partial charge in [0.25, 0.3) is 0 Å². The molecule has 0 N–H and O–H groups in total. The zero-order valence-corrected chi connectivity index (χ0v) is 21.5. The summed E-state index contributed by atoms with van der Waals surface area (Å²) >= 11 is 0. The van der Waals surface area contributed by atoms with Crippen LogP contribution in [0.4, 0.5) is 0 Å².